The van der Waals surface area contributed by atoms with Crippen LogP contribution >= 0.6 is 7.82 Å². The van der Waals surface area contributed by atoms with Crippen LogP contribution in [0.4, 0.5) is 0 Å². The Bertz CT molecular complexity index is 1160. The molecule has 1 rings (SSSR count). The first-order valence-electron chi connectivity index (χ1n) is 21.0. The van der Waals surface area contributed by atoms with Gasteiger partial charge in [-0.05, 0) is 69.8 Å². The lowest BCUT2D eigenvalue weighted by Gasteiger charge is -2.18. The molecule has 3 N–H and O–H groups in total. The minimum absolute atomic E-state index is 0.0160. The highest BCUT2D eigenvalue weighted by Gasteiger charge is 2.27. The molecule has 0 unspecified atom stereocenters. The predicted octanol–water partition coefficient (Wildman–Crippen LogP) is 10.4. The molecule has 0 spiro atoms. The molecule has 0 saturated carbocycles. The number of phosphoric acid groups is 1. The summed E-state index contributed by atoms with van der Waals surface area (Å²) in [6, 6.07) is 0. The molecule has 1 aliphatic carbocycles. The molecule has 310 valence electrons. The Hall–Kier alpha value is -2.36. The van der Waals surface area contributed by atoms with Gasteiger partial charge in [-0.25, -0.2) is 4.57 Å². The number of hydrogen-bond acceptors (Lipinski definition) is 8. The Labute approximate surface area is 326 Å². The van der Waals surface area contributed by atoms with Crippen molar-refractivity contribution in [2.75, 3.05) is 13.2 Å². The molecule has 0 bridgehead atoms. The molecule has 11 heteroatoms. The molecule has 0 amide bonds. The van der Waals surface area contributed by atoms with Crippen molar-refractivity contribution in [3.05, 3.63) is 48.6 Å². The lowest BCUT2D eigenvalue weighted by Crippen LogP contribution is -2.29. The van der Waals surface area contributed by atoms with E-state index in [1.807, 2.05) is 24.3 Å². The van der Waals surface area contributed by atoms with Crippen molar-refractivity contribution >= 4 is 25.5 Å². The Balaban J connectivity index is 2.25. The summed E-state index contributed by atoms with van der Waals surface area (Å²) in [6.07, 6.45) is 37.4. The first-order chi connectivity index (χ1) is 26.1. The van der Waals surface area contributed by atoms with Gasteiger partial charge in [0.1, 0.15) is 6.61 Å². The van der Waals surface area contributed by atoms with Gasteiger partial charge in [-0.2, -0.15) is 0 Å². The molecular weight excluding hydrogens is 707 g/mol. The third-order valence-electron chi connectivity index (χ3n) is 9.57. The molecule has 0 saturated heterocycles. The molecular formula is C43H73O10P. The van der Waals surface area contributed by atoms with Crippen LogP contribution in [0.15, 0.2) is 48.6 Å². The second kappa shape index (κ2) is 32.8. The quantitative estimate of drug-likeness (QED) is 0.0245. The summed E-state index contributed by atoms with van der Waals surface area (Å²) in [7, 11) is -4.81. The van der Waals surface area contributed by atoms with Gasteiger partial charge in [-0.15, -0.1) is 0 Å². The van der Waals surface area contributed by atoms with E-state index < -0.39 is 38.6 Å². The van der Waals surface area contributed by atoms with E-state index in [-0.39, 0.29) is 37.1 Å². The standard InChI is InChI=1S/C43H73O10P/c1-3-5-7-8-9-10-11-12-13-14-15-16-17-18-19-20-25-29-42(46)51-35-39(36-52-54(48,49)50)53-43(47)30-26-22-21-24-27-37-31-34-41(45)40(37)33-32-38(44)28-23-6-4-2/h12-13,21,24,31-34,37-40,44H,3-11,14-20,22-23,25-30,35-36H2,1-2H3,(H2,48,49,50)/b13-12-,24-21-,33-32+/t37-,38-,39+,40+/m0/s1. The summed E-state index contributed by atoms with van der Waals surface area (Å²) < 4.78 is 26.4. The number of unbranched alkanes of at least 4 members (excludes halogenated alkanes) is 16. The van der Waals surface area contributed by atoms with Crippen LogP contribution in [-0.4, -0.2) is 58.0 Å². The van der Waals surface area contributed by atoms with Gasteiger partial charge in [0.15, 0.2) is 11.9 Å². The summed E-state index contributed by atoms with van der Waals surface area (Å²) >= 11 is 0. The van der Waals surface area contributed by atoms with Gasteiger partial charge < -0.3 is 24.4 Å². The molecule has 10 nitrogen and oxygen atoms in total. The number of ketones is 1. The maximum Gasteiger partial charge on any atom is 0.469 e. The van der Waals surface area contributed by atoms with Gasteiger partial charge in [0.25, 0.3) is 0 Å². The van der Waals surface area contributed by atoms with Gasteiger partial charge in [-0.1, -0.05) is 140 Å². The molecule has 54 heavy (non-hydrogen) atoms. The van der Waals surface area contributed by atoms with Gasteiger partial charge in [0.05, 0.1) is 12.7 Å². The van der Waals surface area contributed by atoms with Crippen LogP contribution in [0.5, 0.6) is 0 Å². The Morgan fingerprint density at radius 1 is 0.741 bits per heavy atom. The zero-order valence-electron chi connectivity index (χ0n) is 33.5. The fourth-order valence-electron chi connectivity index (χ4n) is 6.30. The molecule has 0 aliphatic heterocycles. The summed E-state index contributed by atoms with van der Waals surface area (Å²) in [4.78, 5) is 55.3. The molecule has 0 aromatic heterocycles. The van der Waals surface area contributed by atoms with E-state index in [1.54, 1.807) is 12.2 Å². The van der Waals surface area contributed by atoms with Crippen molar-refractivity contribution in [1.82, 2.24) is 0 Å². The monoisotopic (exact) mass is 780 g/mol. The summed E-state index contributed by atoms with van der Waals surface area (Å²) in [6.45, 7) is 3.41. The number of hydrogen-bond donors (Lipinski definition) is 3. The molecule has 0 radical (unpaired) electrons. The van der Waals surface area contributed by atoms with Crippen molar-refractivity contribution in [2.24, 2.45) is 11.8 Å². The molecule has 1 aliphatic rings. The number of rotatable bonds is 35. The van der Waals surface area contributed by atoms with Crippen LogP contribution in [0.3, 0.4) is 0 Å². The smallest absolute Gasteiger partial charge is 0.462 e. The van der Waals surface area contributed by atoms with E-state index >= 15 is 0 Å². The average molecular weight is 781 g/mol. The number of aliphatic hydroxyl groups excluding tert-OH is 1. The first-order valence-corrected chi connectivity index (χ1v) is 22.5. The number of carbonyl (C=O) groups excluding carboxylic acids is 3. The fraction of sp³-hybridized carbons (Fsp3) is 0.744. The van der Waals surface area contributed by atoms with Gasteiger partial charge in [0.2, 0.25) is 0 Å². The highest BCUT2D eigenvalue weighted by Crippen LogP contribution is 2.36. The number of ether oxygens (including phenoxy) is 2. The second-order valence-corrected chi connectivity index (χ2v) is 15.9. The summed E-state index contributed by atoms with van der Waals surface area (Å²) in [5.74, 6) is -1.28. The molecule has 0 aromatic carbocycles. The lowest BCUT2D eigenvalue weighted by atomic mass is 9.90. The van der Waals surface area contributed by atoms with Crippen LogP contribution in [0.2, 0.25) is 0 Å². The van der Waals surface area contributed by atoms with Crippen molar-refractivity contribution in [2.45, 2.75) is 180 Å². The SMILES string of the molecule is CCCCCCCC/C=C\CCCCCCCCCC(=O)OC[C@H](COP(=O)(O)O)OC(=O)CCC/C=C\C[C@H]1C=CC(=O)[C@@H]1/C=C/[C@@H](O)CCCCC. The third kappa shape index (κ3) is 29.0. The van der Waals surface area contributed by atoms with Crippen LogP contribution in [0, 0.1) is 11.8 Å². The van der Waals surface area contributed by atoms with Crippen molar-refractivity contribution in [3.8, 4) is 0 Å². The maximum absolute atomic E-state index is 12.5. The van der Waals surface area contributed by atoms with Crippen molar-refractivity contribution in [3.63, 3.8) is 0 Å². The predicted molar refractivity (Wildman–Crippen MR) is 216 cm³/mol. The minimum Gasteiger partial charge on any atom is -0.462 e. The van der Waals surface area contributed by atoms with E-state index in [0.29, 0.717) is 32.1 Å². The first kappa shape index (κ1) is 49.7. The minimum atomic E-state index is -4.81. The van der Waals surface area contributed by atoms with Gasteiger partial charge in [-0.3, -0.25) is 18.9 Å². The fourth-order valence-corrected chi connectivity index (χ4v) is 6.66. The van der Waals surface area contributed by atoms with Gasteiger partial charge in [0, 0.05) is 18.8 Å². The Kier molecular flexibility index (Phi) is 30.2. The topological polar surface area (TPSA) is 157 Å². The molecule has 4 atom stereocenters. The number of phosphoric ester groups is 1. The van der Waals surface area contributed by atoms with Crippen LogP contribution in [0.25, 0.3) is 0 Å². The van der Waals surface area contributed by atoms with Crippen LogP contribution < -0.4 is 0 Å². The Morgan fingerprint density at radius 2 is 1.30 bits per heavy atom. The highest BCUT2D eigenvalue weighted by atomic mass is 31.2. The van der Waals surface area contributed by atoms with Gasteiger partial charge >= 0.3 is 19.8 Å². The lowest BCUT2D eigenvalue weighted by molar-refractivity contribution is -0.161. The Morgan fingerprint density at radius 3 is 1.94 bits per heavy atom. The largest absolute Gasteiger partial charge is 0.469 e. The summed E-state index contributed by atoms with van der Waals surface area (Å²) in [5, 5.41) is 10.2. The van der Waals surface area contributed by atoms with E-state index in [1.165, 1.54) is 64.2 Å². The third-order valence-corrected chi connectivity index (χ3v) is 10.1. The van der Waals surface area contributed by atoms with Crippen molar-refractivity contribution in [1.29, 1.82) is 0 Å². The van der Waals surface area contributed by atoms with E-state index in [9.17, 15) is 24.1 Å². The number of allylic oxidation sites excluding steroid dienone is 7. The normalized spacial score (nSPS) is 17.3. The maximum atomic E-state index is 12.5. The zero-order valence-corrected chi connectivity index (χ0v) is 34.4. The number of carbonyl (C=O) groups is 3. The van der Waals surface area contributed by atoms with Crippen LogP contribution in [0.1, 0.15) is 168 Å². The zero-order chi connectivity index (χ0) is 39.7. The summed E-state index contributed by atoms with van der Waals surface area (Å²) in [5.41, 5.74) is 0. The molecule has 0 aromatic rings. The van der Waals surface area contributed by atoms with Crippen molar-refractivity contribution < 1.29 is 47.8 Å². The molecule has 0 fully saturated rings. The van der Waals surface area contributed by atoms with E-state index in [0.717, 1.165) is 44.9 Å². The van der Waals surface area contributed by atoms with Crippen LogP contribution in [-0.2, 0) is 32.9 Å². The molecule has 0 heterocycles. The second-order valence-electron chi connectivity index (χ2n) is 14.6. The number of esters is 2. The van der Waals surface area contributed by atoms with E-state index in [2.05, 4.69) is 30.5 Å². The highest BCUT2D eigenvalue weighted by molar-refractivity contribution is 7.46. The number of aliphatic hydroxyl groups is 1. The van der Waals surface area contributed by atoms with E-state index in [4.69, 9.17) is 19.3 Å². The average Bonchev–Trinajstić information content (AvgIpc) is 3.49.